The maximum Gasteiger partial charge on any atom is 0.157 e. The van der Waals surface area contributed by atoms with E-state index in [1.165, 1.54) is 11.4 Å². The van der Waals surface area contributed by atoms with E-state index in [2.05, 4.69) is 41.1 Å². The summed E-state index contributed by atoms with van der Waals surface area (Å²) in [6.07, 6.45) is 2.19. The fourth-order valence-electron chi connectivity index (χ4n) is 1.38. The van der Waals surface area contributed by atoms with Crippen LogP contribution in [0.25, 0.3) is 0 Å². The predicted octanol–water partition coefficient (Wildman–Crippen LogP) is 1.19. The summed E-state index contributed by atoms with van der Waals surface area (Å²) in [5.74, 6) is 0. The number of nitrogens with zero attached hydrogens (tertiary/aromatic N) is 2. The van der Waals surface area contributed by atoms with Gasteiger partial charge < -0.3 is 4.57 Å². The Hall–Kier alpha value is -1.25. The molecule has 1 N–H and O–H groups in total. The number of hydrogen-bond donors (Lipinski definition) is 1. The van der Waals surface area contributed by atoms with E-state index in [4.69, 9.17) is 0 Å². The highest BCUT2D eigenvalue weighted by atomic mass is 15.4. The zero-order chi connectivity index (χ0) is 7.84. The van der Waals surface area contributed by atoms with Crippen molar-refractivity contribution in [3.8, 4) is 0 Å². The Morgan fingerprint density at radius 1 is 1.36 bits per heavy atom. The Morgan fingerprint density at radius 2 is 1.91 bits per heavy atom. The van der Waals surface area contributed by atoms with Crippen molar-refractivity contribution in [2.45, 2.75) is 20.0 Å². The van der Waals surface area contributed by atoms with Crippen LogP contribution in [0, 0.1) is 13.8 Å². The zero-order valence-corrected chi connectivity index (χ0v) is 6.70. The van der Waals surface area contributed by atoms with Crippen LogP contribution in [0.15, 0.2) is 17.2 Å². The van der Waals surface area contributed by atoms with Gasteiger partial charge in [-0.25, -0.2) is 0 Å². The lowest BCUT2D eigenvalue weighted by Crippen LogP contribution is -2.33. The average molecular weight is 149 g/mol. The van der Waals surface area contributed by atoms with Gasteiger partial charge >= 0.3 is 0 Å². The molecule has 0 saturated heterocycles. The van der Waals surface area contributed by atoms with Crippen LogP contribution in [0.3, 0.4) is 0 Å². The van der Waals surface area contributed by atoms with E-state index < -0.39 is 0 Å². The second kappa shape index (κ2) is 2.12. The quantitative estimate of drug-likeness (QED) is 0.638. The van der Waals surface area contributed by atoms with Crippen LogP contribution in [0.4, 0.5) is 0 Å². The topological polar surface area (TPSA) is 29.3 Å². The molecule has 11 heavy (non-hydrogen) atoms. The second-order valence-corrected chi connectivity index (χ2v) is 2.84. The molecule has 3 nitrogen and oxygen atoms in total. The van der Waals surface area contributed by atoms with Crippen LogP contribution < -0.4 is 5.43 Å². The normalized spacial score (nSPS) is 21.1. The molecule has 0 radical (unpaired) electrons. The van der Waals surface area contributed by atoms with Crippen molar-refractivity contribution >= 4 is 6.21 Å². The van der Waals surface area contributed by atoms with Crippen LogP contribution in [0.5, 0.6) is 0 Å². The molecular formula is C8H11N3. The fraction of sp³-hybridized carbons (Fsp3) is 0.375. The minimum Gasteiger partial charge on any atom is -0.323 e. The van der Waals surface area contributed by atoms with Gasteiger partial charge in [0.15, 0.2) is 6.17 Å². The first kappa shape index (κ1) is 6.46. The summed E-state index contributed by atoms with van der Waals surface area (Å²) in [6, 6.07) is 4.23. The van der Waals surface area contributed by atoms with Crippen molar-refractivity contribution in [3.63, 3.8) is 0 Å². The number of rotatable bonds is 1. The Morgan fingerprint density at radius 3 is 2.27 bits per heavy atom. The van der Waals surface area contributed by atoms with Crippen LogP contribution in [0.2, 0.25) is 0 Å². The van der Waals surface area contributed by atoms with E-state index in [1.807, 2.05) is 6.21 Å². The smallest absolute Gasteiger partial charge is 0.157 e. The van der Waals surface area contributed by atoms with Gasteiger partial charge in [-0.3, -0.25) is 5.43 Å². The Balaban J connectivity index is 2.41. The van der Waals surface area contributed by atoms with Gasteiger partial charge in [0, 0.05) is 11.4 Å². The largest absolute Gasteiger partial charge is 0.323 e. The summed E-state index contributed by atoms with van der Waals surface area (Å²) in [7, 11) is 0. The van der Waals surface area contributed by atoms with Gasteiger partial charge in [-0.05, 0) is 26.0 Å². The van der Waals surface area contributed by atoms with Crippen molar-refractivity contribution < 1.29 is 0 Å². The van der Waals surface area contributed by atoms with E-state index >= 15 is 0 Å². The highest BCUT2D eigenvalue weighted by Crippen LogP contribution is 2.14. The Bertz CT molecular complexity index is 279. The van der Waals surface area contributed by atoms with Gasteiger partial charge in [-0.2, -0.15) is 5.10 Å². The van der Waals surface area contributed by atoms with Gasteiger partial charge in [0.25, 0.3) is 0 Å². The minimum atomic E-state index is 0.282. The van der Waals surface area contributed by atoms with Gasteiger partial charge in [0.1, 0.15) is 0 Å². The summed E-state index contributed by atoms with van der Waals surface area (Å²) in [6.45, 7) is 4.20. The van der Waals surface area contributed by atoms with Gasteiger partial charge in [-0.15, -0.1) is 0 Å². The highest BCUT2D eigenvalue weighted by molar-refractivity contribution is 5.66. The maximum atomic E-state index is 3.84. The standard InChI is InChI=1S/C8H11N3/c1-6-3-4-7(2)11(6)8-5-9-10-8/h3-5,8,10H,1-2H3. The summed E-state index contributed by atoms with van der Waals surface area (Å²) >= 11 is 0. The minimum absolute atomic E-state index is 0.282. The van der Waals surface area contributed by atoms with E-state index in [-0.39, 0.29) is 6.17 Å². The molecule has 0 fully saturated rings. The van der Waals surface area contributed by atoms with Crippen molar-refractivity contribution in [2.75, 3.05) is 0 Å². The molecule has 1 aliphatic rings. The zero-order valence-electron chi connectivity index (χ0n) is 6.70. The SMILES string of the molecule is Cc1ccc(C)n1C1C=NN1. The molecule has 1 aliphatic heterocycles. The van der Waals surface area contributed by atoms with Gasteiger partial charge in [0.2, 0.25) is 0 Å². The van der Waals surface area contributed by atoms with Gasteiger partial charge in [0.05, 0.1) is 6.21 Å². The van der Waals surface area contributed by atoms with Crippen LogP contribution >= 0.6 is 0 Å². The molecule has 0 aromatic carbocycles. The molecule has 58 valence electrons. The van der Waals surface area contributed by atoms with E-state index in [9.17, 15) is 0 Å². The van der Waals surface area contributed by atoms with E-state index in [0.29, 0.717) is 0 Å². The monoisotopic (exact) mass is 149 g/mol. The lowest BCUT2D eigenvalue weighted by Gasteiger charge is -2.23. The molecule has 0 amide bonds. The predicted molar refractivity (Wildman–Crippen MR) is 44.6 cm³/mol. The molecule has 1 aromatic rings. The third-order valence-electron chi connectivity index (χ3n) is 2.03. The molecule has 2 rings (SSSR count). The lowest BCUT2D eigenvalue weighted by atomic mass is 10.4. The molecule has 1 unspecified atom stereocenters. The first-order valence-electron chi connectivity index (χ1n) is 3.72. The first-order valence-corrected chi connectivity index (χ1v) is 3.72. The summed E-state index contributed by atoms with van der Waals surface area (Å²) in [5, 5.41) is 3.84. The maximum absolute atomic E-state index is 3.84. The number of aromatic nitrogens is 1. The number of nitrogens with one attached hydrogen (secondary N) is 1. The summed E-state index contributed by atoms with van der Waals surface area (Å²) in [5.41, 5.74) is 5.50. The molecule has 0 aliphatic carbocycles. The third kappa shape index (κ3) is 0.843. The van der Waals surface area contributed by atoms with Crippen LogP contribution in [-0.4, -0.2) is 10.8 Å². The number of hydrogen-bond acceptors (Lipinski definition) is 2. The summed E-state index contributed by atoms with van der Waals surface area (Å²) < 4.78 is 2.22. The molecular weight excluding hydrogens is 138 g/mol. The van der Waals surface area contributed by atoms with E-state index in [0.717, 1.165) is 0 Å². The van der Waals surface area contributed by atoms with Crippen molar-refractivity contribution in [2.24, 2.45) is 5.10 Å². The molecule has 3 heteroatoms. The Kier molecular flexibility index (Phi) is 1.24. The summed E-state index contributed by atoms with van der Waals surface area (Å²) in [4.78, 5) is 0. The fourth-order valence-corrected chi connectivity index (χ4v) is 1.38. The molecule has 0 spiro atoms. The third-order valence-corrected chi connectivity index (χ3v) is 2.03. The van der Waals surface area contributed by atoms with Crippen LogP contribution in [0.1, 0.15) is 17.6 Å². The number of hydrazone groups is 1. The lowest BCUT2D eigenvalue weighted by molar-refractivity contribution is 0.474. The van der Waals surface area contributed by atoms with Crippen molar-refractivity contribution in [3.05, 3.63) is 23.5 Å². The average Bonchev–Trinajstić information content (AvgIpc) is 2.15. The highest BCUT2D eigenvalue weighted by Gasteiger charge is 2.15. The Labute approximate surface area is 65.7 Å². The molecule has 1 aromatic heterocycles. The first-order chi connectivity index (χ1) is 5.29. The molecule has 1 atom stereocenters. The van der Waals surface area contributed by atoms with E-state index in [1.54, 1.807) is 0 Å². The van der Waals surface area contributed by atoms with Crippen molar-refractivity contribution in [1.82, 2.24) is 9.99 Å². The number of aryl methyl sites for hydroxylation is 2. The molecule has 0 bridgehead atoms. The van der Waals surface area contributed by atoms with Gasteiger partial charge in [-0.1, -0.05) is 0 Å². The molecule has 0 saturated carbocycles. The molecule has 2 heterocycles. The second-order valence-electron chi connectivity index (χ2n) is 2.84. The van der Waals surface area contributed by atoms with Crippen molar-refractivity contribution in [1.29, 1.82) is 0 Å². The van der Waals surface area contributed by atoms with Crippen LogP contribution in [-0.2, 0) is 0 Å².